The lowest BCUT2D eigenvalue weighted by Crippen LogP contribution is -2.47. The van der Waals surface area contributed by atoms with Crippen molar-refractivity contribution < 1.29 is 49.4 Å². The van der Waals surface area contributed by atoms with Gasteiger partial charge in [-0.3, -0.25) is 19.2 Å². The van der Waals surface area contributed by atoms with Gasteiger partial charge in [0.1, 0.15) is 52.0 Å². The SMILES string of the molecule is CC1=C(O)C(C(O)(c2ccccc2)c2c(O)c(C=O)c(O)c(C=O)c2O)C(=O)C2=C1O[C@H](c1ccccc1)CC2=O. The number of carbonyl (C=O) groups is 4. The lowest BCUT2D eigenvalue weighted by Gasteiger charge is -2.41. The van der Waals surface area contributed by atoms with E-state index in [1.807, 2.05) is 0 Å². The molecule has 1 aliphatic heterocycles. The number of aliphatic hydroxyl groups is 2. The summed E-state index contributed by atoms with van der Waals surface area (Å²) in [6, 6.07) is 15.9. The highest BCUT2D eigenvalue weighted by molar-refractivity contribution is 6.24. The monoisotopic (exact) mass is 556 g/mol. The van der Waals surface area contributed by atoms with E-state index in [0.29, 0.717) is 5.56 Å². The summed E-state index contributed by atoms with van der Waals surface area (Å²) in [4.78, 5) is 51.1. The second kappa shape index (κ2) is 10.1. The van der Waals surface area contributed by atoms with Crippen molar-refractivity contribution in [1.82, 2.24) is 0 Å². The minimum Gasteiger partial charge on any atom is -0.511 e. The van der Waals surface area contributed by atoms with Gasteiger partial charge in [0.25, 0.3) is 0 Å². The number of carbonyl (C=O) groups excluding carboxylic acids is 4. The zero-order valence-corrected chi connectivity index (χ0v) is 21.6. The summed E-state index contributed by atoms with van der Waals surface area (Å²) in [5.41, 5.74) is -5.45. The summed E-state index contributed by atoms with van der Waals surface area (Å²) < 4.78 is 6.02. The predicted octanol–water partition coefficient (Wildman–Crippen LogP) is 3.68. The fourth-order valence-corrected chi connectivity index (χ4v) is 5.49. The van der Waals surface area contributed by atoms with Gasteiger partial charge in [0.05, 0.1) is 23.1 Å². The van der Waals surface area contributed by atoms with Crippen LogP contribution in [0.25, 0.3) is 0 Å². The number of aldehydes is 2. The Labute approximate surface area is 233 Å². The minimum absolute atomic E-state index is 0.00147. The molecule has 0 amide bonds. The number of hydrogen-bond donors (Lipinski definition) is 5. The van der Waals surface area contributed by atoms with Crippen LogP contribution in [0.1, 0.15) is 56.9 Å². The summed E-state index contributed by atoms with van der Waals surface area (Å²) >= 11 is 0. The number of ketones is 2. The number of allylic oxidation sites excluding steroid dienone is 2. The molecule has 2 unspecified atom stereocenters. The molecule has 0 aromatic heterocycles. The molecule has 3 atom stereocenters. The molecule has 1 heterocycles. The quantitative estimate of drug-likeness (QED) is 0.222. The largest absolute Gasteiger partial charge is 0.511 e. The van der Waals surface area contributed by atoms with Crippen LogP contribution in [0.4, 0.5) is 0 Å². The van der Waals surface area contributed by atoms with Crippen LogP contribution in [0.15, 0.2) is 83.3 Å². The van der Waals surface area contributed by atoms with E-state index in [9.17, 15) is 44.7 Å². The van der Waals surface area contributed by atoms with Gasteiger partial charge in [0.2, 0.25) is 0 Å². The Balaban J connectivity index is 1.77. The van der Waals surface area contributed by atoms with Crippen LogP contribution in [0, 0.1) is 5.92 Å². The van der Waals surface area contributed by atoms with Crippen molar-refractivity contribution in [2.75, 3.05) is 0 Å². The van der Waals surface area contributed by atoms with Gasteiger partial charge >= 0.3 is 0 Å². The number of benzene rings is 3. The number of hydrogen-bond acceptors (Lipinski definition) is 10. The molecule has 1 aliphatic carbocycles. The molecule has 5 rings (SSSR count). The Kier molecular flexibility index (Phi) is 6.72. The Bertz CT molecular complexity index is 1630. The van der Waals surface area contributed by atoms with Crippen LogP contribution in [0.3, 0.4) is 0 Å². The van der Waals surface area contributed by atoms with E-state index >= 15 is 0 Å². The van der Waals surface area contributed by atoms with Gasteiger partial charge in [0.15, 0.2) is 24.1 Å². The fraction of sp³-hybridized carbons (Fsp3) is 0.161. The number of aromatic hydroxyl groups is 3. The highest BCUT2D eigenvalue weighted by atomic mass is 16.5. The van der Waals surface area contributed by atoms with Crippen molar-refractivity contribution >= 4 is 24.1 Å². The van der Waals surface area contributed by atoms with Gasteiger partial charge in [-0.2, -0.15) is 0 Å². The normalized spacial score (nSPS) is 20.2. The average Bonchev–Trinajstić information content (AvgIpc) is 2.97. The maximum atomic E-state index is 14.1. The van der Waals surface area contributed by atoms with Crippen LogP contribution in [-0.2, 0) is 19.9 Å². The van der Waals surface area contributed by atoms with Crippen LogP contribution >= 0.6 is 0 Å². The van der Waals surface area contributed by atoms with Crippen LogP contribution in [0.2, 0.25) is 0 Å². The van der Waals surface area contributed by atoms with Crippen molar-refractivity contribution in [1.29, 1.82) is 0 Å². The third-order valence-electron chi connectivity index (χ3n) is 7.56. The molecule has 41 heavy (non-hydrogen) atoms. The first-order valence-corrected chi connectivity index (χ1v) is 12.5. The van der Waals surface area contributed by atoms with Crippen molar-refractivity contribution in [2.24, 2.45) is 5.92 Å². The second-order valence-corrected chi connectivity index (χ2v) is 9.77. The third-order valence-corrected chi connectivity index (χ3v) is 7.56. The Morgan fingerprint density at radius 3 is 1.90 bits per heavy atom. The summed E-state index contributed by atoms with van der Waals surface area (Å²) in [6.45, 7) is 1.38. The number of aliphatic hydroxyl groups excluding tert-OH is 1. The number of rotatable bonds is 6. The molecule has 10 heteroatoms. The average molecular weight is 557 g/mol. The Morgan fingerprint density at radius 1 is 0.829 bits per heavy atom. The molecule has 10 nitrogen and oxygen atoms in total. The molecular formula is C31H24O10. The van der Waals surface area contributed by atoms with E-state index in [2.05, 4.69) is 0 Å². The zero-order chi connectivity index (χ0) is 29.6. The summed E-state index contributed by atoms with van der Waals surface area (Å²) in [5, 5.41) is 56.3. The van der Waals surface area contributed by atoms with Crippen molar-refractivity contribution in [3.05, 3.63) is 111 Å². The van der Waals surface area contributed by atoms with Gasteiger partial charge in [0, 0.05) is 5.57 Å². The molecule has 0 spiro atoms. The van der Waals surface area contributed by atoms with Crippen LogP contribution in [-0.4, -0.2) is 49.7 Å². The summed E-state index contributed by atoms with van der Waals surface area (Å²) in [7, 11) is 0. The molecular weight excluding hydrogens is 532 g/mol. The van der Waals surface area contributed by atoms with E-state index in [1.54, 1.807) is 36.4 Å². The van der Waals surface area contributed by atoms with Gasteiger partial charge in [-0.05, 0) is 18.1 Å². The summed E-state index contributed by atoms with van der Waals surface area (Å²) in [5.74, 6) is -8.01. The summed E-state index contributed by atoms with van der Waals surface area (Å²) in [6.07, 6.45) is -0.978. The maximum Gasteiger partial charge on any atom is 0.184 e. The van der Waals surface area contributed by atoms with Gasteiger partial charge < -0.3 is 30.3 Å². The smallest absolute Gasteiger partial charge is 0.184 e. The van der Waals surface area contributed by atoms with E-state index in [4.69, 9.17) is 4.74 Å². The first-order chi connectivity index (χ1) is 19.6. The molecule has 0 fully saturated rings. The maximum absolute atomic E-state index is 14.1. The molecule has 208 valence electrons. The van der Waals surface area contributed by atoms with Crippen molar-refractivity contribution in [3.63, 3.8) is 0 Å². The molecule has 0 saturated heterocycles. The molecule has 3 aromatic carbocycles. The van der Waals surface area contributed by atoms with Gasteiger partial charge in [-0.1, -0.05) is 60.7 Å². The topological polar surface area (TPSA) is 179 Å². The van der Waals surface area contributed by atoms with Crippen molar-refractivity contribution in [3.8, 4) is 17.2 Å². The molecule has 0 saturated carbocycles. The Morgan fingerprint density at radius 2 is 1.37 bits per heavy atom. The molecule has 0 radical (unpaired) electrons. The first-order valence-electron chi connectivity index (χ1n) is 12.5. The van der Waals surface area contributed by atoms with Gasteiger partial charge in [-0.15, -0.1) is 0 Å². The molecule has 2 aliphatic rings. The highest BCUT2D eigenvalue weighted by Gasteiger charge is 2.56. The highest BCUT2D eigenvalue weighted by Crippen LogP contribution is 2.54. The van der Waals surface area contributed by atoms with E-state index < -0.39 is 74.5 Å². The Hall–Kier alpha value is -5.22. The molecule has 0 bridgehead atoms. The lowest BCUT2D eigenvalue weighted by molar-refractivity contribution is -0.132. The predicted molar refractivity (Wildman–Crippen MR) is 142 cm³/mol. The standard InChI is InChI=1S/C31H24O10/c1-15-25(35)23(29(39)22-20(34)12-21(41-30(15)22)16-8-4-2-5-9-16)31(40,17-10-6-3-7-11-17)24-27(37)18(13-32)26(36)19(14-33)28(24)38/h2-11,13-14,21,23,35-38,40H,12H2,1H3/t21-,23?,31?/m0/s1. The lowest BCUT2D eigenvalue weighted by atomic mass is 9.67. The first kappa shape index (κ1) is 27.4. The number of ether oxygens (including phenoxy) is 1. The number of phenols is 3. The van der Waals surface area contributed by atoms with Crippen LogP contribution in [0.5, 0.6) is 17.2 Å². The minimum atomic E-state index is -2.86. The number of Topliss-reactive ketones (excluding diaryl/α,β-unsaturated/α-hetero) is 2. The van der Waals surface area contributed by atoms with Crippen molar-refractivity contribution in [2.45, 2.75) is 25.0 Å². The third kappa shape index (κ3) is 3.99. The molecule has 3 aromatic rings. The fourth-order valence-electron chi connectivity index (χ4n) is 5.49. The van der Waals surface area contributed by atoms with Crippen LogP contribution < -0.4 is 0 Å². The zero-order valence-electron chi connectivity index (χ0n) is 21.6. The van der Waals surface area contributed by atoms with E-state index in [0.717, 1.165) is 0 Å². The molecule has 5 N–H and O–H groups in total. The number of phenolic OH excluding ortho intramolecular Hbond substituents is 3. The second-order valence-electron chi connectivity index (χ2n) is 9.77. The van der Waals surface area contributed by atoms with Gasteiger partial charge in [-0.25, -0.2) is 0 Å². The van der Waals surface area contributed by atoms with E-state index in [-0.39, 0.29) is 35.9 Å². The van der Waals surface area contributed by atoms with E-state index in [1.165, 1.54) is 31.2 Å².